The van der Waals surface area contributed by atoms with Gasteiger partial charge in [-0.05, 0) is 19.1 Å². The van der Waals surface area contributed by atoms with Gasteiger partial charge in [0.1, 0.15) is 0 Å². The van der Waals surface area contributed by atoms with Crippen LogP contribution in [0.5, 0.6) is 11.5 Å². The molecule has 0 bridgehead atoms. The Morgan fingerprint density at radius 3 is 2.83 bits per heavy atom. The highest BCUT2D eigenvalue weighted by Crippen LogP contribution is 2.34. The number of halogens is 1. The summed E-state index contributed by atoms with van der Waals surface area (Å²) in [4.78, 5) is 0. The molecular formula is C13H17ClO4. The molecule has 1 heterocycles. The Balaban J connectivity index is 2.14. The van der Waals surface area contributed by atoms with Crippen molar-refractivity contribution in [1.82, 2.24) is 0 Å². The second kappa shape index (κ2) is 6.27. The molecule has 0 spiro atoms. The molecule has 1 aliphatic heterocycles. The number of rotatable bonds is 5. The van der Waals surface area contributed by atoms with Crippen LogP contribution in [0.3, 0.4) is 0 Å². The molecule has 1 aliphatic rings. The molecule has 1 fully saturated rings. The number of benzene rings is 1. The van der Waals surface area contributed by atoms with Crippen molar-refractivity contribution < 1.29 is 18.9 Å². The second-order valence-corrected chi connectivity index (χ2v) is 4.23. The molecule has 2 atom stereocenters. The van der Waals surface area contributed by atoms with Crippen molar-refractivity contribution in [2.75, 3.05) is 26.2 Å². The zero-order chi connectivity index (χ0) is 13.0. The summed E-state index contributed by atoms with van der Waals surface area (Å²) in [6, 6.07) is 5.64. The third-order valence-electron chi connectivity index (χ3n) is 2.68. The van der Waals surface area contributed by atoms with Crippen LogP contribution in [0.1, 0.15) is 18.8 Å². The van der Waals surface area contributed by atoms with Gasteiger partial charge in [0.2, 0.25) is 0 Å². The molecule has 1 aromatic carbocycles. The second-order valence-electron chi connectivity index (χ2n) is 3.92. The normalized spacial score (nSPS) is 23.1. The van der Waals surface area contributed by atoms with E-state index in [4.69, 9.17) is 30.5 Å². The van der Waals surface area contributed by atoms with Crippen LogP contribution in [0.4, 0.5) is 0 Å². The Morgan fingerprint density at radius 1 is 1.39 bits per heavy atom. The standard InChI is InChI=1S/C13H17ClO4/c1-3-16-11-5-4-9(6-12(11)15-2)13-17-8-10(7-14)18-13/h4-6,10,13H,3,7-8H2,1-2H3/t10-,13-/m0/s1. The van der Waals surface area contributed by atoms with Crippen molar-refractivity contribution in [1.29, 1.82) is 0 Å². The van der Waals surface area contributed by atoms with Gasteiger partial charge in [0.25, 0.3) is 0 Å². The fourth-order valence-corrected chi connectivity index (χ4v) is 1.97. The zero-order valence-corrected chi connectivity index (χ0v) is 11.3. The number of alkyl halides is 1. The predicted molar refractivity (Wildman–Crippen MR) is 68.4 cm³/mol. The van der Waals surface area contributed by atoms with Gasteiger partial charge >= 0.3 is 0 Å². The smallest absolute Gasteiger partial charge is 0.184 e. The summed E-state index contributed by atoms with van der Waals surface area (Å²) in [5, 5.41) is 0. The van der Waals surface area contributed by atoms with Crippen molar-refractivity contribution in [2.24, 2.45) is 0 Å². The Kier molecular flexibility index (Phi) is 4.69. The quantitative estimate of drug-likeness (QED) is 0.773. The summed E-state index contributed by atoms with van der Waals surface area (Å²) in [6.07, 6.45) is -0.424. The molecule has 0 N–H and O–H groups in total. The lowest BCUT2D eigenvalue weighted by atomic mass is 10.2. The van der Waals surface area contributed by atoms with Crippen LogP contribution in [0.15, 0.2) is 18.2 Å². The van der Waals surface area contributed by atoms with Crippen LogP contribution in [0.25, 0.3) is 0 Å². The first-order chi connectivity index (χ1) is 8.78. The van der Waals surface area contributed by atoms with Gasteiger partial charge in [0.05, 0.1) is 32.3 Å². The maximum absolute atomic E-state index is 5.74. The number of hydrogen-bond acceptors (Lipinski definition) is 4. The van der Waals surface area contributed by atoms with Crippen LogP contribution in [0, 0.1) is 0 Å². The van der Waals surface area contributed by atoms with Crippen LogP contribution in [0.2, 0.25) is 0 Å². The molecule has 1 saturated heterocycles. The van der Waals surface area contributed by atoms with E-state index >= 15 is 0 Å². The summed E-state index contributed by atoms with van der Waals surface area (Å²) in [7, 11) is 1.61. The zero-order valence-electron chi connectivity index (χ0n) is 10.5. The summed E-state index contributed by atoms with van der Waals surface area (Å²) < 4.78 is 21.9. The van der Waals surface area contributed by atoms with Crippen molar-refractivity contribution in [3.63, 3.8) is 0 Å². The van der Waals surface area contributed by atoms with Gasteiger partial charge in [-0.1, -0.05) is 6.07 Å². The number of methoxy groups -OCH3 is 1. The molecular weight excluding hydrogens is 256 g/mol. The third-order valence-corrected chi connectivity index (χ3v) is 3.03. The van der Waals surface area contributed by atoms with Crippen LogP contribution < -0.4 is 9.47 Å². The fourth-order valence-electron chi connectivity index (χ4n) is 1.81. The summed E-state index contributed by atoms with van der Waals surface area (Å²) >= 11 is 5.74. The molecule has 0 radical (unpaired) electrons. The molecule has 18 heavy (non-hydrogen) atoms. The van der Waals surface area contributed by atoms with Crippen LogP contribution in [-0.2, 0) is 9.47 Å². The molecule has 0 aliphatic carbocycles. The van der Waals surface area contributed by atoms with E-state index in [1.807, 2.05) is 25.1 Å². The lowest BCUT2D eigenvalue weighted by Crippen LogP contribution is -2.10. The average molecular weight is 273 g/mol. The summed E-state index contributed by atoms with van der Waals surface area (Å²) in [5.74, 6) is 1.83. The predicted octanol–water partition coefficient (Wildman–Crippen LogP) is 2.75. The maximum atomic E-state index is 5.74. The molecule has 5 heteroatoms. The Labute approximate surface area is 112 Å². The minimum atomic E-state index is -0.377. The third kappa shape index (κ3) is 2.88. The van der Waals surface area contributed by atoms with E-state index < -0.39 is 0 Å². The molecule has 2 rings (SSSR count). The van der Waals surface area contributed by atoms with Gasteiger partial charge in [0.15, 0.2) is 17.8 Å². The molecule has 100 valence electrons. The highest BCUT2D eigenvalue weighted by atomic mass is 35.5. The average Bonchev–Trinajstić information content (AvgIpc) is 2.88. The van der Waals surface area contributed by atoms with Crippen LogP contribution >= 0.6 is 11.6 Å². The monoisotopic (exact) mass is 272 g/mol. The topological polar surface area (TPSA) is 36.9 Å². The molecule has 0 saturated carbocycles. The first-order valence-corrected chi connectivity index (χ1v) is 6.45. The lowest BCUT2D eigenvalue weighted by Gasteiger charge is -2.14. The van der Waals surface area contributed by atoms with E-state index in [0.29, 0.717) is 24.8 Å². The first kappa shape index (κ1) is 13.5. The van der Waals surface area contributed by atoms with Crippen molar-refractivity contribution >= 4 is 11.6 Å². The van der Waals surface area contributed by atoms with Gasteiger partial charge in [-0.25, -0.2) is 0 Å². The highest BCUT2D eigenvalue weighted by Gasteiger charge is 2.27. The SMILES string of the molecule is CCOc1ccc([C@H]2OC[C@H](CCl)O2)cc1OC. The molecule has 0 unspecified atom stereocenters. The van der Waals surface area contributed by atoms with Gasteiger partial charge in [-0.3, -0.25) is 0 Å². The number of ether oxygens (including phenoxy) is 4. The van der Waals surface area contributed by atoms with Crippen molar-refractivity contribution in [2.45, 2.75) is 19.3 Å². The van der Waals surface area contributed by atoms with E-state index in [2.05, 4.69) is 0 Å². The van der Waals surface area contributed by atoms with E-state index in [0.717, 1.165) is 11.3 Å². The van der Waals surface area contributed by atoms with Crippen LogP contribution in [-0.4, -0.2) is 32.3 Å². The van der Waals surface area contributed by atoms with Gasteiger partial charge in [-0.2, -0.15) is 0 Å². The maximum Gasteiger partial charge on any atom is 0.184 e. The Bertz CT molecular complexity index is 397. The lowest BCUT2D eigenvalue weighted by molar-refractivity contribution is -0.0568. The molecule has 0 amide bonds. The Hall–Kier alpha value is -0.970. The molecule has 4 nitrogen and oxygen atoms in total. The van der Waals surface area contributed by atoms with E-state index in [9.17, 15) is 0 Å². The van der Waals surface area contributed by atoms with Crippen molar-refractivity contribution in [3.8, 4) is 11.5 Å². The van der Waals surface area contributed by atoms with E-state index in [1.54, 1.807) is 7.11 Å². The van der Waals surface area contributed by atoms with Crippen molar-refractivity contribution in [3.05, 3.63) is 23.8 Å². The largest absolute Gasteiger partial charge is 0.493 e. The molecule has 1 aromatic rings. The summed E-state index contributed by atoms with van der Waals surface area (Å²) in [5.41, 5.74) is 0.905. The minimum absolute atomic E-state index is 0.0470. The van der Waals surface area contributed by atoms with Gasteiger partial charge in [0, 0.05) is 5.56 Å². The Morgan fingerprint density at radius 2 is 2.22 bits per heavy atom. The van der Waals surface area contributed by atoms with Gasteiger partial charge in [-0.15, -0.1) is 11.6 Å². The molecule has 0 aromatic heterocycles. The van der Waals surface area contributed by atoms with E-state index in [1.165, 1.54) is 0 Å². The van der Waals surface area contributed by atoms with E-state index in [-0.39, 0.29) is 12.4 Å². The highest BCUT2D eigenvalue weighted by molar-refractivity contribution is 6.18. The fraction of sp³-hybridized carbons (Fsp3) is 0.538. The summed E-state index contributed by atoms with van der Waals surface area (Å²) in [6.45, 7) is 3.05. The minimum Gasteiger partial charge on any atom is -0.493 e. The number of hydrogen-bond donors (Lipinski definition) is 0. The first-order valence-electron chi connectivity index (χ1n) is 5.92. The van der Waals surface area contributed by atoms with Gasteiger partial charge < -0.3 is 18.9 Å².